The first-order valence-corrected chi connectivity index (χ1v) is 7.98. The topological polar surface area (TPSA) is 32.7 Å². The fourth-order valence-electron chi connectivity index (χ4n) is 3.01. The van der Waals surface area contributed by atoms with E-state index in [0.717, 1.165) is 30.0 Å². The van der Waals surface area contributed by atoms with Crippen LogP contribution in [0.15, 0.2) is 54.6 Å². The van der Waals surface area contributed by atoms with Gasteiger partial charge in [0.15, 0.2) is 0 Å². The standard InChI is InChI=1S/C19H23NO2/c21-14-19(20-12-4-5-13-20)17-8-10-18(11-9-17)22-15-16-6-2-1-3-7-16/h1-3,6-11,19,21H,4-5,12-15H2/t19-/m1/s1. The van der Waals surface area contributed by atoms with Crippen LogP contribution in [0.5, 0.6) is 5.75 Å². The van der Waals surface area contributed by atoms with Gasteiger partial charge in [-0.25, -0.2) is 0 Å². The summed E-state index contributed by atoms with van der Waals surface area (Å²) in [4.78, 5) is 2.36. The first-order chi connectivity index (χ1) is 10.9. The molecule has 0 saturated carbocycles. The molecule has 0 bridgehead atoms. The van der Waals surface area contributed by atoms with Crippen LogP contribution < -0.4 is 4.74 Å². The normalized spacial score (nSPS) is 16.6. The summed E-state index contributed by atoms with van der Waals surface area (Å²) in [7, 11) is 0. The Hall–Kier alpha value is -1.84. The molecule has 0 radical (unpaired) electrons. The second-order valence-electron chi connectivity index (χ2n) is 5.78. The minimum Gasteiger partial charge on any atom is -0.489 e. The van der Waals surface area contributed by atoms with E-state index in [2.05, 4.69) is 29.2 Å². The van der Waals surface area contributed by atoms with E-state index in [1.807, 2.05) is 30.3 Å². The Morgan fingerprint density at radius 2 is 1.64 bits per heavy atom. The van der Waals surface area contributed by atoms with Crippen LogP contribution >= 0.6 is 0 Å². The molecule has 0 spiro atoms. The van der Waals surface area contributed by atoms with Crippen molar-refractivity contribution in [1.29, 1.82) is 0 Å². The van der Waals surface area contributed by atoms with Crippen molar-refractivity contribution < 1.29 is 9.84 Å². The summed E-state index contributed by atoms with van der Waals surface area (Å²) in [6.45, 7) is 2.91. The lowest BCUT2D eigenvalue weighted by Gasteiger charge is -2.26. The van der Waals surface area contributed by atoms with Crippen LogP contribution in [0.1, 0.15) is 30.0 Å². The molecule has 0 aromatic heterocycles. The molecule has 1 aliphatic rings. The molecule has 1 N–H and O–H groups in total. The number of ether oxygens (including phenoxy) is 1. The van der Waals surface area contributed by atoms with Gasteiger partial charge in [0.25, 0.3) is 0 Å². The maximum Gasteiger partial charge on any atom is 0.119 e. The molecule has 1 aliphatic heterocycles. The monoisotopic (exact) mass is 297 g/mol. The average molecular weight is 297 g/mol. The summed E-state index contributed by atoms with van der Waals surface area (Å²) in [5.74, 6) is 0.866. The second kappa shape index (κ2) is 7.43. The van der Waals surface area contributed by atoms with Crippen molar-refractivity contribution in [2.45, 2.75) is 25.5 Å². The molecule has 1 fully saturated rings. The molecule has 3 rings (SSSR count). The smallest absolute Gasteiger partial charge is 0.119 e. The van der Waals surface area contributed by atoms with Gasteiger partial charge >= 0.3 is 0 Å². The number of aliphatic hydroxyl groups excluding tert-OH is 1. The zero-order chi connectivity index (χ0) is 15.2. The van der Waals surface area contributed by atoms with Gasteiger partial charge in [-0.3, -0.25) is 4.90 Å². The molecular weight excluding hydrogens is 274 g/mol. The quantitative estimate of drug-likeness (QED) is 0.887. The minimum absolute atomic E-state index is 0.116. The number of hydrogen-bond donors (Lipinski definition) is 1. The average Bonchev–Trinajstić information content (AvgIpc) is 3.10. The largest absolute Gasteiger partial charge is 0.489 e. The third kappa shape index (κ3) is 3.67. The van der Waals surface area contributed by atoms with Gasteiger partial charge < -0.3 is 9.84 Å². The predicted molar refractivity (Wildman–Crippen MR) is 87.8 cm³/mol. The highest BCUT2D eigenvalue weighted by Gasteiger charge is 2.22. The third-order valence-electron chi connectivity index (χ3n) is 4.27. The maximum absolute atomic E-state index is 9.69. The molecule has 2 aromatic rings. The molecule has 1 atom stereocenters. The van der Waals surface area contributed by atoms with Crippen LogP contribution in [-0.4, -0.2) is 29.7 Å². The van der Waals surface area contributed by atoms with Gasteiger partial charge in [0, 0.05) is 0 Å². The van der Waals surface area contributed by atoms with Gasteiger partial charge in [0.05, 0.1) is 12.6 Å². The molecule has 2 aromatic carbocycles. The van der Waals surface area contributed by atoms with E-state index in [9.17, 15) is 5.11 Å². The Morgan fingerprint density at radius 1 is 0.955 bits per heavy atom. The highest BCUT2D eigenvalue weighted by Crippen LogP contribution is 2.26. The van der Waals surface area contributed by atoms with Crippen molar-refractivity contribution in [1.82, 2.24) is 4.90 Å². The van der Waals surface area contributed by atoms with Crippen LogP contribution in [0, 0.1) is 0 Å². The summed E-state index contributed by atoms with van der Waals surface area (Å²) in [6, 6.07) is 18.4. The lowest BCUT2D eigenvalue weighted by Crippen LogP contribution is -2.28. The Balaban J connectivity index is 1.61. The van der Waals surface area contributed by atoms with Crippen molar-refractivity contribution in [2.24, 2.45) is 0 Å². The molecule has 116 valence electrons. The van der Waals surface area contributed by atoms with Gasteiger partial charge in [0.2, 0.25) is 0 Å². The molecule has 1 saturated heterocycles. The summed E-state index contributed by atoms with van der Waals surface area (Å²) < 4.78 is 5.81. The zero-order valence-corrected chi connectivity index (χ0v) is 12.8. The number of benzene rings is 2. The van der Waals surface area contributed by atoms with E-state index in [-0.39, 0.29) is 12.6 Å². The van der Waals surface area contributed by atoms with Gasteiger partial charge in [0.1, 0.15) is 12.4 Å². The van der Waals surface area contributed by atoms with Gasteiger partial charge in [-0.15, -0.1) is 0 Å². The summed E-state index contributed by atoms with van der Waals surface area (Å²) in [5, 5.41) is 9.69. The van der Waals surface area contributed by atoms with E-state index in [4.69, 9.17) is 4.74 Å². The molecule has 0 unspecified atom stereocenters. The van der Waals surface area contributed by atoms with Crippen LogP contribution in [0.25, 0.3) is 0 Å². The lowest BCUT2D eigenvalue weighted by atomic mass is 10.1. The molecule has 3 nitrogen and oxygen atoms in total. The minimum atomic E-state index is 0.116. The third-order valence-corrected chi connectivity index (χ3v) is 4.27. The van der Waals surface area contributed by atoms with Gasteiger partial charge in [-0.2, -0.15) is 0 Å². The Bertz CT molecular complexity index is 562. The SMILES string of the molecule is OC[C@H](c1ccc(OCc2ccccc2)cc1)N1CCCC1. The summed E-state index contributed by atoms with van der Waals surface area (Å²) in [6.07, 6.45) is 2.46. The molecule has 3 heteroatoms. The number of nitrogens with zero attached hydrogens (tertiary/aromatic N) is 1. The van der Waals surface area contributed by atoms with Crippen LogP contribution in [0.4, 0.5) is 0 Å². The molecule has 1 heterocycles. The van der Waals surface area contributed by atoms with Crippen LogP contribution in [0.2, 0.25) is 0 Å². The van der Waals surface area contributed by atoms with E-state index < -0.39 is 0 Å². The molecule has 22 heavy (non-hydrogen) atoms. The Morgan fingerprint density at radius 3 is 2.27 bits per heavy atom. The summed E-state index contributed by atoms with van der Waals surface area (Å²) >= 11 is 0. The lowest BCUT2D eigenvalue weighted by molar-refractivity contribution is 0.147. The number of aliphatic hydroxyl groups is 1. The van der Waals surface area contributed by atoms with Crippen LogP contribution in [-0.2, 0) is 6.61 Å². The first-order valence-electron chi connectivity index (χ1n) is 7.98. The van der Waals surface area contributed by atoms with E-state index >= 15 is 0 Å². The summed E-state index contributed by atoms with van der Waals surface area (Å²) in [5.41, 5.74) is 2.33. The highest BCUT2D eigenvalue weighted by molar-refractivity contribution is 5.30. The second-order valence-corrected chi connectivity index (χ2v) is 5.78. The number of rotatable bonds is 6. The zero-order valence-electron chi connectivity index (χ0n) is 12.8. The molecule has 0 amide bonds. The van der Waals surface area contributed by atoms with Crippen LogP contribution in [0.3, 0.4) is 0 Å². The van der Waals surface area contributed by atoms with Gasteiger partial charge in [-0.05, 0) is 49.2 Å². The van der Waals surface area contributed by atoms with Crippen molar-refractivity contribution >= 4 is 0 Å². The fraction of sp³-hybridized carbons (Fsp3) is 0.368. The van der Waals surface area contributed by atoms with Crippen molar-refractivity contribution in [2.75, 3.05) is 19.7 Å². The highest BCUT2D eigenvalue weighted by atomic mass is 16.5. The van der Waals surface area contributed by atoms with Gasteiger partial charge in [-0.1, -0.05) is 42.5 Å². The Labute approximate surface area is 132 Å². The molecule has 0 aliphatic carbocycles. The number of hydrogen-bond acceptors (Lipinski definition) is 3. The van der Waals surface area contributed by atoms with E-state index in [1.54, 1.807) is 0 Å². The van der Waals surface area contributed by atoms with Crippen molar-refractivity contribution in [3.63, 3.8) is 0 Å². The maximum atomic E-state index is 9.69. The van der Waals surface area contributed by atoms with E-state index in [1.165, 1.54) is 12.8 Å². The molecular formula is C19H23NO2. The first kappa shape index (κ1) is 15.1. The van der Waals surface area contributed by atoms with Crippen molar-refractivity contribution in [3.05, 3.63) is 65.7 Å². The number of likely N-dealkylation sites (tertiary alicyclic amines) is 1. The van der Waals surface area contributed by atoms with E-state index in [0.29, 0.717) is 6.61 Å². The fourth-order valence-corrected chi connectivity index (χ4v) is 3.01. The predicted octanol–water partition coefficient (Wildman–Crippen LogP) is 3.39. The Kier molecular flexibility index (Phi) is 5.09. The van der Waals surface area contributed by atoms with Crippen molar-refractivity contribution in [3.8, 4) is 5.75 Å².